The van der Waals surface area contributed by atoms with E-state index in [1.807, 2.05) is 0 Å². The lowest BCUT2D eigenvalue weighted by molar-refractivity contribution is 0.0822. The van der Waals surface area contributed by atoms with Gasteiger partial charge in [-0.25, -0.2) is 0 Å². The maximum absolute atomic E-state index is 9.40. The van der Waals surface area contributed by atoms with Gasteiger partial charge in [0.15, 0.2) is 0 Å². The molecule has 2 radical (unpaired) electrons. The van der Waals surface area contributed by atoms with Gasteiger partial charge in [-0.05, 0) is 18.8 Å². The van der Waals surface area contributed by atoms with E-state index < -0.39 is 6.10 Å². The molecule has 0 aromatic heterocycles. The topological polar surface area (TPSA) is 40.5 Å². The van der Waals surface area contributed by atoms with Gasteiger partial charge in [-0.3, -0.25) is 0 Å². The van der Waals surface area contributed by atoms with E-state index in [0.29, 0.717) is 12.7 Å². The summed E-state index contributed by atoms with van der Waals surface area (Å²) in [4.78, 5) is 0. The average Bonchev–Trinajstić information content (AvgIpc) is 2.00. The van der Waals surface area contributed by atoms with Crippen LogP contribution in [-0.2, 0) is 0 Å². The van der Waals surface area contributed by atoms with Gasteiger partial charge in [0.1, 0.15) is 0 Å². The Morgan fingerprint density at radius 2 is 2.00 bits per heavy atom. The van der Waals surface area contributed by atoms with Crippen molar-refractivity contribution in [2.24, 2.45) is 5.92 Å². The van der Waals surface area contributed by atoms with E-state index in [0.717, 1.165) is 12.8 Å². The summed E-state index contributed by atoms with van der Waals surface area (Å²) < 4.78 is 0. The fourth-order valence-corrected chi connectivity index (χ4v) is 1.21. The third-order valence-electron chi connectivity index (χ3n) is 1.93. The van der Waals surface area contributed by atoms with Crippen molar-refractivity contribution in [2.45, 2.75) is 38.6 Å². The highest BCUT2D eigenvalue weighted by molar-refractivity contribution is 6.08. The molecule has 1 unspecified atom stereocenters. The molecule has 2 nitrogen and oxygen atoms in total. The molecular weight excluding hydrogens is 139 g/mol. The fraction of sp³-hybridized carbons (Fsp3) is 1.00. The highest BCUT2D eigenvalue weighted by Gasteiger charge is 2.14. The SMILES string of the molecule is [B]CC(CCC)[C@H](O)CCO. The molecule has 0 fully saturated rings. The highest BCUT2D eigenvalue weighted by atomic mass is 16.3. The van der Waals surface area contributed by atoms with Crippen molar-refractivity contribution in [3.8, 4) is 0 Å². The molecule has 2 atom stereocenters. The molecule has 0 aromatic carbocycles. The maximum Gasteiger partial charge on any atom is 0.0658 e. The lowest BCUT2D eigenvalue weighted by Crippen LogP contribution is -2.21. The lowest BCUT2D eigenvalue weighted by atomic mass is 9.83. The molecule has 0 aliphatic carbocycles. The number of hydrogen-bond acceptors (Lipinski definition) is 2. The van der Waals surface area contributed by atoms with Crippen molar-refractivity contribution in [1.29, 1.82) is 0 Å². The van der Waals surface area contributed by atoms with Gasteiger partial charge in [-0.15, -0.1) is 0 Å². The zero-order valence-corrected chi connectivity index (χ0v) is 7.16. The first-order valence-corrected chi connectivity index (χ1v) is 4.25. The summed E-state index contributed by atoms with van der Waals surface area (Å²) in [5, 5.41) is 17.9. The molecule has 0 spiro atoms. The van der Waals surface area contributed by atoms with Gasteiger partial charge in [0, 0.05) is 6.61 Å². The Bertz CT molecular complexity index is 88.2. The quantitative estimate of drug-likeness (QED) is 0.556. The van der Waals surface area contributed by atoms with Crippen molar-refractivity contribution in [1.82, 2.24) is 0 Å². The number of rotatable bonds is 6. The van der Waals surface area contributed by atoms with E-state index >= 15 is 0 Å². The van der Waals surface area contributed by atoms with Gasteiger partial charge in [0.2, 0.25) is 0 Å². The molecule has 0 saturated carbocycles. The van der Waals surface area contributed by atoms with Gasteiger partial charge < -0.3 is 10.2 Å². The first-order chi connectivity index (χ1) is 5.26. The smallest absolute Gasteiger partial charge is 0.0658 e. The van der Waals surface area contributed by atoms with Crippen LogP contribution in [0.2, 0.25) is 6.32 Å². The molecular formula is C8H17BO2. The minimum absolute atomic E-state index is 0.0430. The highest BCUT2D eigenvalue weighted by Crippen LogP contribution is 2.16. The van der Waals surface area contributed by atoms with Crippen LogP contribution in [0.3, 0.4) is 0 Å². The fourth-order valence-electron chi connectivity index (χ4n) is 1.21. The standard InChI is InChI=1S/C8H17BO2/c1-2-3-7(6-9)8(11)4-5-10/h7-8,10-11H,2-6H2,1H3/t7?,8-/m1/s1. The van der Waals surface area contributed by atoms with Crippen molar-refractivity contribution in [2.75, 3.05) is 6.61 Å². The van der Waals surface area contributed by atoms with Crippen LogP contribution >= 0.6 is 0 Å². The van der Waals surface area contributed by atoms with E-state index in [4.69, 9.17) is 13.0 Å². The lowest BCUT2D eigenvalue weighted by Gasteiger charge is -2.20. The van der Waals surface area contributed by atoms with Crippen molar-refractivity contribution < 1.29 is 10.2 Å². The number of aliphatic hydroxyl groups is 2. The Morgan fingerprint density at radius 3 is 2.36 bits per heavy atom. The molecule has 0 heterocycles. The van der Waals surface area contributed by atoms with Crippen LogP contribution in [0.4, 0.5) is 0 Å². The van der Waals surface area contributed by atoms with Gasteiger partial charge in [0.25, 0.3) is 0 Å². The Labute approximate surface area is 70.0 Å². The van der Waals surface area contributed by atoms with Crippen molar-refractivity contribution in [3.63, 3.8) is 0 Å². The van der Waals surface area contributed by atoms with E-state index in [9.17, 15) is 5.11 Å². The molecule has 0 aliphatic heterocycles. The molecule has 3 heteroatoms. The van der Waals surface area contributed by atoms with Gasteiger partial charge >= 0.3 is 0 Å². The zero-order chi connectivity index (χ0) is 8.69. The normalized spacial score (nSPS) is 16.3. The van der Waals surface area contributed by atoms with Crippen LogP contribution in [0, 0.1) is 5.92 Å². The predicted octanol–water partition coefficient (Wildman–Crippen LogP) is 0.733. The largest absolute Gasteiger partial charge is 0.396 e. The summed E-state index contributed by atoms with van der Waals surface area (Å²) in [7, 11) is 5.45. The molecule has 0 bridgehead atoms. The number of hydrogen-bond donors (Lipinski definition) is 2. The second-order valence-corrected chi connectivity index (χ2v) is 2.86. The first kappa shape index (κ1) is 11.0. The molecule has 0 rings (SSSR count). The zero-order valence-electron chi connectivity index (χ0n) is 7.16. The van der Waals surface area contributed by atoms with Crippen LogP contribution in [0.5, 0.6) is 0 Å². The third kappa shape index (κ3) is 4.43. The molecule has 0 aromatic rings. The molecule has 0 aliphatic rings. The first-order valence-electron chi connectivity index (χ1n) is 4.25. The van der Waals surface area contributed by atoms with Crippen molar-refractivity contribution in [3.05, 3.63) is 0 Å². The van der Waals surface area contributed by atoms with Gasteiger partial charge in [-0.1, -0.05) is 19.7 Å². The van der Waals surface area contributed by atoms with Crippen LogP contribution in [-0.4, -0.2) is 30.8 Å². The van der Waals surface area contributed by atoms with E-state index in [1.165, 1.54) is 0 Å². The monoisotopic (exact) mass is 156 g/mol. The minimum Gasteiger partial charge on any atom is -0.396 e. The summed E-state index contributed by atoms with van der Waals surface area (Å²) in [6, 6.07) is 0. The summed E-state index contributed by atoms with van der Waals surface area (Å²) in [5.74, 6) is 0.159. The van der Waals surface area contributed by atoms with E-state index in [2.05, 4.69) is 6.92 Å². The maximum atomic E-state index is 9.40. The predicted molar refractivity (Wildman–Crippen MR) is 46.7 cm³/mol. The summed E-state index contributed by atoms with van der Waals surface area (Å²) in [6.45, 7) is 2.11. The van der Waals surface area contributed by atoms with Crippen LogP contribution < -0.4 is 0 Å². The number of aliphatic hydroxyl groups excluding tert-OH is 2. The van der Waals surface area contributed by atoms with E-state index in [1.54, 1.807) is 0 Å². The Morgan fingerprint density at radius 1 is 1.36 bits per heavy atom. The molecule has 0 amide bonds. The second-order valence-electron chi connectivity index (χ2n) is 2.86. The molecule has 2 N–H and O–H groups in total. The van der Waals surface area contributed by atoms with Crippen molar-refractivity contribution >= 4 is 7.85 Å². The Hall–Kier alpha value is -0.0151. The van der Waals surface area contributed by atoms with E-state index in [-0.39, 0.29) is 12.5 Å². The second kappa shape index (κ2) is 6.68. The van der Waals surface area contributed by atoms with Crippen LogP contribution in [0.1, 0.15) is 26.2 Å². The third-order valence-corrected chi connectivity index (χ3v) is 1.93. The molecule has 11 heavy (non-hydrogen) atoms. The summed E-state index contributed by atoms with van der Waals surface area (Å²) in [5.41, 5.74) is 0. The minimum atomic E-state index is -0.426. The molecule has 64 valence electrons. The molecule has 0 saturated heterocycles. The van der Waals surface area contributed by atoms with Crippen LogP contribution in [0.15, 0.2) is 0 Å². The van der Waals surface area contributed by atoms with Crippen LogP contribution in [0.25, 0.3) is 0 Å². The van der Waals surface area contributed by atoms with Gasteiger partial charge in [0.05, 0.1) is 14.0 Å². The Kier molecular flexibility index (Phi) is 6.67. The summed E-state index contributed by atoms with van der Waals surface area (Å²) in [6.07, 6.45) is 2.50. The summed E-state index contributed by atoms with van der Waals surface area (Å²) >= 11 is 0. The average molecular weight is 156 g/mol. The van der Waals surface area contributed by atoms with Gasteiger partial charge in [-0.2, -0.15) is 0 Å². The Balaban J connectivity index is 3.61.